The SMILES string of the molecule is CSC1(CNc2nn(C)cc2[N+](=O)[O-])CCCCC1. The molecule has 0 bridgehead atoms. The summed E-state index contributed by atoms with van der Waals surface area (Å²) in [6.07, 6.45) is 9.68. The summed E-state index contributed by atoms with van der Waals surface area (Å²) in [5.41, 5.74) is 0.0505. The number of aryl methyl sites for hydroxylation is 1. The van der Waals surface area contributed by atoms with Crippen LogP contribution in [0.2, 0.25) is 0 Å². The van der Waals surface area contributed by atoms with Gasteiger partial charge in [0.15, 0.2) is 0 Å². The second-order valence-corrected chi connectivity index (χ2v) is 6.37. The molecule has 7 heteroatoms. The van der Waals surface area contributed by atoms with Gasteiger partial charge in [-0.3, -0.25) is 14.8 Å². The Morgan fingerprint density at radius 2 is 2.21 bits per heavy atom. The third-order valence-corrected chi connectivity index (χ3v) is 5.20. The number of hydrogen-bond donors (Lipinski definition) is 1. The van der Waals surface area contributed by atoms with Crippen LogP contribution in [-0.4, -0.2) is 32.3 Å². The summed E-state index contributed by atoms with van der Waals surface area (Å²) < 4.78 is 1.68. The molecule has 2 rings (SSSR count). The van der Waals surface area contributed by atoms with Crippen LogP contribution in [-0.2, 0) is 7.05 Å². The molecule has 0 amide bonds. The van der Waals surface area contributed by atoms with Gasteiger partial charge in [0.2, 0.25) is 5.82 Å². The van der Waals surface area contributed by atoms with E-state index >= 15 is 0 Å². The summed E-state index contributed by atoms with van der Waals surface area (Å²) in [4.78, 5) is 10.6. The van der Waals surface area contributed by atoms with Gasteiger partial charge in [-0.1, -0.05) is 19.3 Å². The molecule has 0 radical (unpaired) electrons. The smallest absolute Gasteiger partial charge is 0.330 e. The summed E-state index contributed by atoms with van der Waals surface area (Å²) in [5.74, 6) is 0.381. The first-order valence-electron chi connectivity index (χ1n) is 6.53. The number of thioether (sulfide) groups is 1. The number of aromatic nitrogens is 2. The van der Waals surface area contributed by atoms with E-state index < -0.39 is 0 Å². The van der Waals surface area contributed by atoms with Crippen LogP contribution in [0.1, 0.15) is 32.1 Å². The molecule has 1 heterocycles. The summed E-state index contributed by atoms with van der Waals surface area (Å²) in [6.45, 7) is 0.742. The normalized spacial score (nSPS) is 18.2. The summed E-state index contributed by atoms with van der Waals surface area (Å²) in [5, 5.41) is 18.3. The van der Waals surface area contributed by atoms with Crippen molar-refractivity contribution in [1.29, 1.82) is 0 Å². The predicted molar refractivity (Wildman–Crippen MR) is 77.7 cm³/mol. The van der Waals surface area contributed by atoms with Gasteiger partial charge in [-0.05, 0) is 19.1 Å². The fourth-order valence-electron chi connectivity index (χ4n) is 2.63. The Bertz CT molecular complexity index is 455. The third kappa shape index (κ3) is 3.20. The molecule has 0 aromatic carbocycles. The predicted octanol–water partition coefficient (Wildman–Crippen LogP) is 2.81. The molecule has 1 aliphatic rings. The van der Waals surface area contributed by atoms with Gasteiger partial charge in [-0.15, -0.1) is 5.10 Å². The molecule has 0 atom stereocenters. The van der Waals surface area contributed by atoms with E-state index in [1.165, 1.54) is 43.0 Å². The zero-order chi connectivity index (χ0) is 13.9. The molecule has 1 aromatic rings. The number of nitrogens with zero attached hydrogens (tertiary/aromatic N) is 3. The molecule has 106 valence electrons. The Labute approximate surface area is 117 Å². The molecule has 19 heavy (non-hydrogen) atoms. The Kier molecular flexibility index (Phi) is 4.34. The van der Waals surface area contributed by atoms with Gasteiger partial charge < -0.3 is 5.32 Å². The largest absolute Gasteiger partial charge is 0.361 e. The maximum absolute atomic E-state index is 10.9. The minimum Gasteiger partial charge on any atom is -0.361 e. The first-order chi connectivity index (χ1) is 9.06. The highest BCUT2D eigenvalue weighted by Crippen LogP contribution is 2.39. The highest BCUT2D eigenvalue weighted by molar-refractivity contribution is 8.00. The second kappa shape index (κ2) is 5.81. The monoisotopic (exact) mass is 284 g/mol. The number of nitrogens with one attached hydrogen (secondary N) is 1. The molecule has 0 spiro atoms. The first kappa shape index (κ1) is 14.2. The van der Waals surface area contributed by atoms with Crippen molar-refractivity contribution in [1.82, 2.24) is 9.78 Å². The van der Waals surface area contributed by atoms with Gasteiger partial charge in [0.1, 0.15) is 6.20 Å². The Morgan fingerprint density at radius 1 is 1.53 bits per heavy atom. The first-order valence-corrected chi connectivity index (χ1v) is 7.76. The van der Waals surface area contributed by atoms with E-state index in [9.17, 15) is 10.1 Å². The molecule has 6 nitrogen and oxygen atoms in total. The van der Waals surface area contributed by atoms with Crippen molar-refractivity contribution in [3.8, 4) is 0 Å². The van der Waals surface area contributed by atoms with E-state index in [0.29, 0.717) is 5.82 Å². The maximum Gasteiger partial charge on any atom is 0.330 e. The number of anilines is 1. The Hall–Kier alpha value is -1.24. The number of nitro groups is 1. The van der Waals surface area contributed by atoms with Crippen LogP contribution in [0.4, 0.5) is 11.5 Å². The van der Waals surface area contributed by atoms with Crippen LogP contribution >= 0.6 is 11.8 Å². The lowest BCUT2D eigenvalue weighted by atomic mass is 9.88. The van der Waals surface area contributed by atoms with E-state index in [1.54, 1.807) is 7.05 Å². The van der Waals surface area contributed by atoms with Crippen molar-refractivity contribution in [3.63, 3.8) is 0 Å². The van der Waals surface area contributed by atoms with Crippen molar-refractivity contribution in [2.45, 2.75) is 36.9 Å². The number of rotatable bonds is 5. The maximum atomic E-state index is 10.9. The second-order valence-electron chi connectivity index (χ2n) is 5.10. The standard InChI is InChI=1S/C12H20N4O2S/c1-15-8-10(16(17)18)11(14-15)13-9-12(19-2)6-4-3-5-7-12/h8H,3-7,9H2,1-2H3,(H,13,14). The highest BCUT2D eigenvalue weighted by atomic mass is 32.2. The molecular weight excluding hydrogens is 264 g/mol. The zero-order valence-corrected chi connectivity index (χ0v) is 12.2. The van der Waals surface area contributed by atoms with Gasteiger partial charge in [0, 0.05) is 18.3 Å². The van der Waals surface area contributed by atoms with Crippen molar-refractivity contribution in [2.24, 2.45) is 7.05 Å². The minimum absolute atomic E-state index is 0.0505. The fourth-order valence-corrected chi connectivity index (χ4v) is 3.54. The Balaban J connectivity index is 2.06. The van der Waals surface area contributed by atoms with Crippen molar-refractivity contribution in [3.05, 3.63) is 16.3 Å². The molecule has 0 aliphatic heterocycles. The van der Waals surface area contributed by atoms with Crippen LogP contribution in [0.15, 0.2) is 6.20 Å². The molecule has 1 aromatic heterocycles. The molecule has 1 fully saturated rings. The van der Waals surface area contributed by atoms with E-state index in [4.69, 9.17) is 0 Å². The van der Waals surface area contributed by atoms with E-state index in [0.717, 1.165) is 6.54 Å². The molecule has 1 saturated carbocycles. The van der Waals surface area contributed by atoms with Crippen LogP contribution in [0.3, 0.4) is 0 Å². The van der Waals surface area contributed by atoms with Gasteiger partial charge in [-0.2, -0.15) is 11.8 Å². The van der Waals surface area contributed by atoms with E-state index in [-0.39, 0.29) is 15.4 Å². The topological polar surface area (TPSA) is 73.0 Å². The lowest BCUT2D eigenvalue weighted by Crippen LogP contribution is -2.35. The summed E-state index contributed by atoms with van der Waals surface area (Å²) in [6, 6.07) is 0. The molecule has 1 aliphatic carbocycles. The van der Waals surface area contributed by atoms with Crippen molar-refractivity contribution < 1.29 is 4.92 Å². The molecule has 0 unspecified atom stereocenters. The zero-order valence-electron chi connectivity index (χ0n) is 11.4. The minimum atomic E-state index is -0.387. The van der Waals surface area contributed by atoms with Crippen molar-refractivity contribution >= 4 is 23.3 Å². The fraction of sp³-hybridized carbons (Fsp3) is 0.750. The lowest BCUT2D eigenvalue weighted by Gasteiger charge is -2.35. The summed E-state index contributed by atoms with van der Waals surface area (Å²) >= 11 is 1.87. The molecular formula is C12H20N4O2S. The Morgan fingerprint density at radius 3 is 2.79 bits per heavy atom. The van der Waals surface area contributed by atoms with Gasteiger partial charge >= 0.3 is 5.69 Å². The van der Waals surface area contributed by atoms with Gasteiger partial charge in [0.25, 0.3) is 0 Å². The average molecular weight is 284 g/mol. The van der Waals surface area contributed by atoms with E-state index in [2.05, 4.69) is 16.7 Å². The van der Waals surface area contributed by atoms with Crippen LogP contribution in [0, 0.1) is 10.1 Å². The average Bonchev–Trinajstić information content (AvgIpc) is 2.79. The quantitative estimate of drug-likeness (QED) is 0.665. The van der Waals surface area contributed by atoms with Crippen LogP contribution < -0.4 is 5.32 Å². The van der Waals surface area contributed by atoms with Gasteiger partial charge in [0.05, 0.1) is 4.92 Å². The molecule has 0 saturated heterocycles. The highest BCUT2D eigenvalue weighted by Gasteiger charge is 2.32. The van der Waals surface area contributed by atoms with Crippen LogP contribution in [0.5, 0.6) is 0 Å². The molecule has 1 N–H and O–H groups in total. The van der Waals surface area contributed by atoms with Gasteiger partial charge in [-0.25, -0.2) is 0 Å². The van der Waals surface area contributed by atoms with Crippen molar-refractivity contribution in [2.75, 3.05) is 18.1 Å². The lowest BCUT2D eigenvalue weighted by molar-refractivity contribution is -0.384. The summed E-state index contributed by atoms with van der Waals surface area (Å²) in [7, 11) is 1.70. The third-order valence-electron chi connectivity index (χ3n) is 3.78. The van der Waals surface area contributed by atoms with E-state index in [1.807, 2.05) is 11.8 Å². The number of hydrogen-bond acceptors (Lipinski definition) is 5. The van der Waals surface area contributed by atoms with Crippen LogP contribution in [0.25, 0.3) is 0 Å².